The second kappa shape index (κ2) is 21.9. The van der Waals surface area contributed by atoms with Crippen molar-refractivity contribution in [1.29, 1.82) is 0 Å². The molecule has 0 aromatic heterocycles. The van der Waals surface area contributed by atoms with Crippen molar-refractivity contribution >= 4 is 0 Å². The number of hydrogen-bond donors (Lipinski definition) is 6. The second-order valence-corrected chi connectivity index (χ2v) is 10.0. The first-order valence-corrected chi connectivity index (χ1v) is 14.6. The van der Waals surface area contributed by atoms with Gasteiger partial charge in [-0.15, -0.1) is 0 Å². The van der Waals surface area contributed by atoms with Gasteiger partial charge in [0, 0.05) is 64.9 Å². The molecule has 0 bridgehead atoms. The minimum absolute atomic E-state index is 0.660. The topological polar surface area (TPSA) is 78.7 Å². The highest BCUT2D eigenvalue weighted by atomic mass is 15.2. The van der Waals surface area contributed by atoms with Crippen molar-refractivity contribution in [2.45, 2.75) is 57.9 Å². The van der Waals surface area contributed by atoms with Crippen LogP contribution in [0.5, 0.6) is 0 Å². The molecule has 0 aromatic rings. The Balaban J connectivity index is 1.93. The second-order valence-electron chi connectivity index (χ2n) is 10.0. The van der Waals surface area contributed by atoms with Gasteiger partial charge in [0.05, 0.1) is 0 Å². The number of rotatable bonds is 6. The van der Waals surface area contributed by atoms with E-state index in [1.54, 1.807) is 0 Å². The molecule has 2 fully saturated rings. The summed E-state index contributed by atoms with van der Waals surface area (Å²) in [6.07, 6.45) is 8.84. The van der Waals surface area contributed by atoms with Crippen LogP contribution in [-0.4, -0.2) is 127 Å². The zero-order valence-corrected chi connectivity index (χ0v) is 22.4. The van der Waals surface area contributed by atoms with Gasteiger partial charge in [-0.05, 0) is 84.5 Å². The Morgan fingerprint density at radius 1 is 0.529 bits per heavy atom. The molecule has 8 nitrogen and oxygen atoms in total. The number of nitrogens with one attached hydrogen (secondary N) is 6. The Kier molecular flexibility index (Phi) is 19.3. The molecule has 1 atom stereocenters. The highest BCUT2D eigenvalue weighted by molar-refractivity contribution is 4.78. The molecule has 0 spiro atoms. The summed E-state index contributed by atoms with van der Waals surface area (Å²) in [5.74, 6) is 0. The van der Waals surface area contributed by atoms with Gasteiger partial charge < -0.3 is 36.8 Å². The van der Waals surface area contributed by atoms with Gasteiger partial charge in [0.15, 0.2) is 0 Å². The van der Waals surface area contributed by atoms with Crippen LogP contribution >= 0.6 is 0 Å². The highest BCUT2D eigenvalue weighted by Crippen LogP contribution is 2.12. The van der Waals surface area contributed by atoms with E-state index in [-0.39, 0.29) is 0 Å². The lowest BCUT2D eigenvalue weighted by molar-refractivity contribution is 0.126. The van der Waals surface area contributed by atoms with E-state index in [4.69, 9.17) is 0 Å². The summed E-state index contributed by atoms with van der Waals surface area (Å²) in [7, 11) is 0. The largest absolute Gasteiger partial charge is 0.315 e. The van der Waals surface area contributed by atoms with E-state index in [9.17, 15) is 0 Å². The van der Waals surface area contributed by atoms with E-state index in [1.165, 1.54) is 71.1 Å². The highest BCUT2D eigenvalue weighted by Gasteiger charge is 2.21. The maximum Gasteiger partial charge on any atom is 0.0223 e. The van der Waals surface area contributed by atoms with E-state index in [2.05, 4.69) is 48.6 Å². The summed E-state index contributed by atoms with van der Waals surface area (Å²) in [6, 6.07) is 0.660. The lowest BCUT2D eigenvalue weighted by atomic mass is 10.1. The van der Waals surface area contributed by atoms with Crippen molar-refractivity contribution in [2.75, 3.05) is 111 Å². The van der Waals surface area contributed by atoms with Crippen molar-refractivity contribution in [1.82, 2.24) is 41.7 Å². The summed E-state index contributed by atoms with van der Waals surface area (Å²) in [6.45, 7) is 21.5. The third-order valence-corrected chi connectivity index (χ3v) is 7.05. The van der Waals surface area contributed by atoms with Crippen molar-refractivity contribution in [3.05, 3.63) is 0 Å². The molecule has 202 valence electrons. The number of unbranched alkanes of at least 4 members (excludes halogenated alkanes) is 1. The SMILES string of the molecule is CCCCC(CN1CCCNCCNCCCNCC1)N1CCCNCCNCCCNCC1. The van der Waals surface area contributed by atoms with Crippen LogP contribution in [-0.2, 0) is 0 Å². The minimum Gasteiger partial charge on any atom is -0.315 e. The minimum atomic E-state index is 0.660. The molecular weight excluding hydrogens is 424 g/mol. The lowest BCUT2D eigenvalue weighted by Crippen LogP contribution is -2.49. The zero-order chi connectivity index (χ0) is 23.9. The van der Waals surface area contributed by atoms with Crippen LogP contribution in [0.4, 0.5) is 0 Å². The maximum atomic E-state index is 3.71. The van der Waals surface area contributed by atoms with Crippen LogP contribution < -0.4 is 31.9 Å². The van der Waals surface area contributed by atoms with Crippen molar-refractivity contribution in [3.8, 4) is 0 Å². The van der Waals surface area contributed by atoms with Gasteiger partial charge >= 0.3 is 0 Å². The average Bonchev–Trinajstić information content (AvgIpc) is 2.85. The number of hydrogen-bond acceptors (Lipinski definition) is 8. The van der Waals surface area contributed by atoms with Gasteiger partial charge in [-0.2, -0.15) is 0 Å². The molecular formula is C26H58N8. The standard InChI is InChI=1S/C26H58N8/c1-2-3-8-26(34-22-7-14-30-18-16-28-10-5-12-32-20-24-34)25-33-21-6-13-29-17-15-27-9-4-11-31-19-23-33/h26-32H,2-25H2,1H3. The van der Waals surface area contributed by atoms with Crippen LogP contribution in [0.1, 0.15) is 51.9 Å². The van der Waals surface area contributed by atoms with Gasteiger partial charge in [-0.25, -0.2) is 0 Å². The van der Waals surface area contributed by atoms with E-state index in [0.29, 0.717) is 6.04 Å². The molecule has 2 rings (SSSR count). The Morgan fingerprint density at radius 2 is 1.03 bits per heavy atom. The fraction of sp³-hybridized carbons (Fsp3) is 1.00. The van der Waals surface area contributed by atoms with Crippen molar-refractivity contribution in [2.24, 2.45) is 0 Å². The molecule has 0 aliphatic carbocycles. The third kappa shape index (κ3) is 15.6. The molecule has 34 heavy (non-hydrogen) atoms. The molecule has 0 amide bonds. The summed E-state index contributed by atoms with van der Waals surface area (Å²) < 4.78 is 0. The molecule has 0 saturated carbocycles. The van der Waals surface area contributed by atoms with E-state index < -0.39 is 0 Å². The van der Waals surface area contributed by atoms with Crippen molar-refractivity contribution in [3.63, 3.8) is 0 Å². The fourth-order valence-electron chi connectivity index (χ4n) is 4.97. The van der Waals surface area contributed by atoms with Crippen LogP contribution in [0.15, 0.2) is 0 Å². The van der Waals surface area contributed by atoms with Gasteiger partial charge in [0.1, 0.15) is 0 Å². The van der Waals surface area contributed by atoms with Crippen LogP contribution in [0, 0.1) is 0 Å². The van der Waals surface area contributed by atoms with Crippen molar-refractivity contribution < 1.29 is 0 Å². The average molecular weight is 483 g/mol. The van der Waals surface area contributed by atoms with Gasteiger partial charge in [0.2, 0.25) is 0 Å². The Labute approximate surface area is 211 Å². The molecule has 2 saturated heterocycles. The lowest BCUT2D eigenvalue weighted by Gasteiger charge is -2.36. The fourth-order valence-corrected chi connectivity index (χ4v) is 4.97. The predicted octanol–water partition coefficient (Wildman–Crippen LogP) is 0.274. The molecule has 0 radical (unpaired) electrons. The molecule has 1 unspecified atom stereocenters. The van der Waals surface area contributed by atoms with Gasteiger partial charge in [-0.3, -0.25) is 4.90 Å². The smallest absolute Gasteiger partial charge is 0.0223 e. The first-order valence-electron chi connectivity index (χ1n) is 14.6. The molecule has 2 heterocycles. The monoisotopic (exact) mass is 482 g/mol. The normalized spacial score (nSPS) is 24.6. The Bertz CT molecular complexity index is 411. The summed E-state index contributed by atoms with van der Waals surface area (Å²) in [4.78, 5) is 5.57. The van der Waals surface area contributed by atoms with E-state index >= 15 is 0 Å². The Morgan fingerprint density at radius 3 is 1.62 bits per heavy atom. The molecule has 8 heteroatoms. The molecule has 0 aromatic carbocycles. The van der Waals surface area contributed by atoms with Crippen LogP contribution in [0.25, 0.3) is 0 Å². The quantitative estimate of drug-likeness (QED) is 0.322. The third-order valence-electron chi connectivity index (χ3n) is 7.05. The Hall–Kier alpha value is -0.320. The molecule has 2 aliphatic heterocycles. The summed E-state index contributed by atoms with van der Waals surface area (Å²) >= 11 is 0. The van der Waals surface area contributed by atoms with E-state index in [0.717, 1.165) is 85.1 Å². The predicted molar refractivity (Wildman–Crippen MR) is 147 cm³/mol. The first-order chi connectivity index (χ1) is 16.9. The summed E-state index contributed by atoms with van der Waals surface area (Å²) in [5, 5.41) is 21.7. The van der Waals surface area contributed by atoms with Gasteiger partial charge in [0.25, 0.3) is 0 Å². The van der Waals surface area contributed by atoms with E-state index in [1.807, 2.05) is 0 Å². The number of nitrogens with zero attached hydrogens (tertiary/aromatic N) is 2. The summed E-state index contributed by atoms with van der Waals surface area (Å²) in [5.41, 5.74) is 0. The van der Waals surface area contributed by atoms with Crippen LogP contribution in [0.2, 0.25) is 0 Å². The molecule has 6 N–H and O–H groups in total. The van der Waals surface area contributed by atoms with Crippen LogP contribution in [0.3, 0.4) is 0 Å². The zero-order valence-electron chi connectivity index (χ0n) is 22.4. The maximum absolute atomic E-state index is 3.71. The first kappa shape index (κ1) is 29.9. The van der Waals surface area contributed by atoms with Gasteiger partial charge in [-0.1, -0.05) is 19.8 Å². The molecule has 2 aliphatic rings.